The van der Waals surface area contributed by atoms with Crippen LogP contribution in [0.25, 0.3) is 22.3 Å². The SMILES string of the molecule is O=c1cc(-c2ccc([N+](=O)[O-])cc2Cl)oc2ccc(F)cc12. The monoisotopic (exact) mass is 319 g/mol. The van der Waals surface area contributed by atoms with Gasteiger partial charge in [0.2, 0.25) is 0 Å². The summed E-state index contributed by atoms with van der Waals surface area (Å²) < 4.78 is 18.7. The molecule has 1 heterocycles. The first-order chi connectivity index (χ1) is 10.5. The van der Waals surface area contributed by atoms with E-state index in [0.717, 1.165) is 6.07 Å². The molecule has 22 heavy (non-hydrogen) atoms. The van der Waals surface area contributed by atoms with Crippen LogP contribution in [0.3, 0.4) is 0 Å². The summed E-state index contributed by atoms with van der Waals surface area (Å²) in [5, 5.41) is 10.9. The summed E-state index contributed by atoms with van der Waals surface area (Å²) in [5.41, 5.74) is -0.0435. The van der Waals surface area contributed by atoms with Crippen molar-refractivity contribution >= 4 is 28.3 Å². The van der Waals surface area contributed by atoms with Crippen LogP contribution in [0.1, 0.15) is 0 Å². The van der Waals surface area contributed by atoms with E-state index in [4.69, 9.17) is 16.0 Å². The molecule has 7 heteroatoms. The number of nitro groups is 1. The van der Waals surface area contributed by atoms with Gasteiger partial charge in [-0.1, -0.05) is 11.6 Å². The van der Waals surface area contributed by atoms with Crippen LogP contribution < -0.4 is 5.43 Å². The first-order valence-corrected chi connectivity index (χ1v) is 6.51. The second-order valence-corrected chi connectivity index (χ2v) is 4.94. The van der Waals surface area contributed by atoms with Gasteiger partial charge in [-0.05, 0) is 24.3 Å². The van der Waals surface area contributed by atoms with E-state index in [-0.39, 0.29) is 27.4 Å². The van der Waals surface area contributed by atoms with Gasteiger partial charge in [0, 0.05) is 23.8 Å². The lowest BCUT2D eigenvalue weighted by molar-refractivity contribution is -0.384. The van der Waals surface area contributed by atoms with Crippen molar-refractivity contribution in [1.29, 1.82) is 0 Å². The number of halogens is 2. The highest BCUT2D eigenvalue weighted by atomic mass is 35.5. The Morgan fingerprint density at radius 2 is 1.91 bits per heavy atom. The molecule has 110 valence electrons. The maximum atomic E-state index is 13.2. The van der Waals surface area contributed by atoms with E-state index in [1.165, 1.54) is 36.4 Å². The fourth-order valence-electron chi connectivity index (χ4n) is 2.08. The van der Waals surface area contributed by atoms with Crippen LogP contribution in [0.4, 0.5) is 10.1 Å². The van der Waals surface area contributed by atoms with Crippen LogP contribution in [0.15, 0.2) is 51.7 Å². The van der Waals surface area contributed by atoms with E-state index >= 15 is 0 Å². The number of rotatable bonds is 2. The van der Waals surface area contributed by atoms with E-state index < -0.39 is 16.2 Å². The quantitative estimate of drug-likeness (QED) is 0.525. The number of non-ortho nitro benzene ring substituents is 1. The molecule has 0 saturated carbocycles. The fourth-order valence-corrected chi connectivity index (χ4v) is 2.35. The fraction of sp³-hybridized carbons (Fsp3) is 0. The summed E-state index contributed by atoms with van der Waals surface area (Å²) in [6.45, 7) is 0. The van der Waals surface area contributed by atoms with Crippen molar-refractivity contribution in [3.05, 3.63) is 73.6 Å². The first-order valence-electron chi connectivity index (χ1n) is 6.13. The molecule has 0 radical (unpaired) electrons. The molecule has 0 unspecified atom stereocenters. The molecule has 3 rings (SSSR count). The summed E-state index contributed by atoms with van der Waals surface area (Å²) in [5.74, 6) is -0.384. The second-order valence-electron chi connectivity index (χ2n) is 4.54. The Balaban J connectivity index is 2.21. The number of nitrogens with zero attached hydrogens (tertiary/aromatic N) is 1. The first kappa shape index (κ1) is 14.2. The van der Waals surface area contributed by atoms with Crippen LogP contribution >= 0.6 is 11.6 Å². The molecule has 0 N–H and O–H groups in total. The topological polar surface area (TPSA) is 73.3 Å². The number of benzene rings is 2. The minimum absolute atomic E-state index is 0.0822. The molecule has 5 nitrogen and oxygen atoms in total. The Morgan fingerprint density at radius 3 is 2.59 bits per heavy atom. The largest absolute Gasteiger partial charge is 0.456 e. The molecule has 0 aliphatic carbocycles. The van der Waals surface area contributed by atoms with Gasteiger partial charge in [0.15, 0.2) is 5.43 Å². The summed E-state index contributed by atoms with van der Waals surface area (Å²) >= 11 is 6.01. The van der Waals surface area contributed by atoms with Gasteiger partial charge >= 0.3 is 0 Å². The highest BCUT2D eigenvalue weighted by molar-refractivity contribution is 6.33. The minimum Gasteiger partial charge on any atom is -0.456 e. The molecule has 1 aromatic heterocycles. The molecular weight excluding hydrogens is 313 g/mol. The highest BCUT2D eigenvalue weighted by Crippen LogP contribution is 2.31. The van der Waals surface area contributed by atoms with Crippen molar-refractivity contribution in [3.63, 3.8) is 0 Å². The lowest BCUT2D eigenvalue weighted by Gasteiger charge is -2.05. The lowest BCUT2D eigenvalue weighted by atomic mass is 10.1. The standard InChI is InChI=1S/C15H7ClFNO4/c16-12-6-9(18(20)21)2-3-10(12)15-7-13(19)11-5-8(17)1-4-14(11)22-15/h1-7H. The molecule has 0 aliphatic rings. The number of hydrogen-bond acceptors (Lipinski definition) is 4. The third-order valence-corrected chi connectivity index (χ3v) is 3.43. The molecule has 0 atom stereocenters. The van der Waals surface area contributed by atoms with Crippen LogP contribution in [-0.4, -0.2) is 4.92 Å². The normalized spacial score (nSPS) is 10.8. The summed E-state index contributed by atoms with van der Waals surface area (Å²) in [6.07, 6.45) is 0. The van der Waals surface area contributed by atoms with Gasteiger partial charge in [-0.2, -0.15) is 0 Å². The predicted octanol–water partition coefficient (Wildman–Crippen LogP) is 4.16. The Kier molecular flexibility index (Phi) is 3.38. The average Bonchev–Trinajstić information content (AvgIpc) is 2.47. The molecule has 0 aliphatic heterocycles. The molecule has 0 spiro atoms. The van der Waals surface area contributed by atoms with E-state index in [9.17, 15) is 19.3 Å². The molecule has 0 fully saturated rings. The van der Waals surface area contributed by atoms with Crippen molar-refractivity contribution < 1.29 is 13.7 Å². The van der Waals surface area contributed by atoms with Crippen molar-refractivity contribution in [1.82, 2.24) is 0 Å². The molecule has 3 aromatic rings. The molecule has 0 saturated heterocycles. The average molecular weight is 320 g/mol. The van der Waals surface area contributed by atoms with E-state index in [1.807, 2.05) is 0 Å². The third-order valence-electron chi connectivity index (χ3n) is 3.12. The number of fused-ring (bicyclic) bond motifs is 1. The van der Waals surface area contributed by atoms with Gasteiger partial charge < -0.3 is 4.42 Å². The van der Waals surface area contributed by atoms with Gasteiger partial charge in [-0.15, -0.1) is 0 Å². The van der Waals surface area contributed by atoms with Crippen LogP contribution in [0.5, 0.6) is 0 Å². The van der Waals surface area contributed by atoms with Crippen molar-refractivity contribution in [2.45, 2.75) is 0 Å². The second kappa shape index (κ2) is 5.23. The maximum absolute atomic E-state index is 13.2. The smallest absolute Gasteiger partial charge is 0.270 e. The maximum Gasteiger partial charge on any atom is 0.270 e. The molecule has 0 amide bonds. The van der Waals surface area contributed by atoms with Crippen molar-refractivity contribution in [2.24, 2.45) is 0 Å². The van der Waals surface area contributed by atoms with Crippen LogP contribution in [0, 0.1) is 15.9 Å². The summed E-state index contributed by atoms with van der Waals surface area (Å²) in [6, 6.07) is 8.61. The summed E-state index contributed by atoms with van der Waals surface area (Å²) in [4.78, 5) is 22.2. The third kappa shape index (κ3) is 2.44. The van der Waals surface area contributed by atoms with Crippen molar-refractivity contribution in [3.8, 4) is 11.3 Å². The van der Waals surface area contributed by atoms with Gasteiger partial charge in [0.25, 0.3) is 5.69 Å². The molecular formula is C15H7ClFNO4. The van der Waals surface area contributed by atoms with Crippen molar-refractivity contribution in [2.75, 3.05) is 0 Å². The number of hydrogen-bond donors (Lipinski definition) is 0. The minimum atomic E-state index is -0.574. The highest BCUT2D eigenvalue weighted by Gasteiger charge is 2.14. The molecule has 0 bridgehead atoms. The lowest BCUT2D eigenvalue weighted by Crippen LogP contribution is -2.01. The Labute approximate surface area is 127 Å². The zero-order valence-corrected chi connectivity index (χ0v) is 11.6. The van der Waals surface area contributed by atoms with E-state index in [1.54, 1.807) is 0 Å². The van der Waals surface area contributed by atoms with Crippen LogP contribution in [-0.2, 0) is 0 Å². The molecule has 2 aromatic carbocycles. The van der Waals surface area contributed by atoms with Gasteiger partial charge in [-0.3, -0.25) is 14.9 Å². The zero-order chi connectivity index (χ0) is 15.9. The Morgan fingerprint density at radius 1 is 1.14 bits per heavy atom. The Hall–Kier alpha value is -2.73. The van der Waals surface area contributed by atoms with Crippen LogP contribution in [0.2, 0.25) is 5.02 Å². The summed E-state index contributed by atoms with van der Waals surface area (Å²) in [7, 11) is 0. The Bertz CT molecular complexity index is 967. The van der Waals surface area contributed by atoms with Gasteiger partial charge in [0.05, 0.1) is 15.3 Å². The van der Waals surface area contributed by atoms with Gasteiger partial charge in [0.1, 0.15) is 17.2 Å². The van der Waals surface area contributed by atoms with Gasteiger partial charge in [-0.25, -0.2) is 4.39 Å². The van der Waals surface area contributed by atoms with E-state index in [0.29, 0.717) is 5.56 Å². The number of nitro benzene ring substituents is 1. The van der Waals surface area contributed by atoms with E-state index in [2.05, 4.69) is 0 Å². The predicted molar refractivity (Wildman–Crippen MR) is 79.5 cm³/mol. The zero-order valence-electron chi connectivity index (χ0n) is 10.9.